The predicted octanol–water partition coefficient (Wildman–Crippen LogP) is 4.64. The van der Waals surface area contributed by atoms with Crippen LogP contribution in [0.1, 0.15) is 58.4 Å². The second-order valence-corrected chi connectivity index (χ2v) is 11.6. The average molecular weight is 598 g/mol. The number of unbranched alkanes of at least 4 members (excludes halogenated alkanes) is 1. The zero-order valence-electron chi connectivity index (χ0n) is 22.7. The first-order valence-corrected chi connectivity index (χ1v) is 13.2. The van der Waals surface area contributed by atoms with Crippen LogP contribution in [0.25, 0.3) is 0 Å². The summed E-state index contributed by atoms with van der Waals surface area (Å²) in [4.78, 5) is 12.7. The summed E-state index contributed by atoms with van der Waals surface area (Å²) in [6.07, 6.45) is -0.144. The lowest BCUT2D eigenvalue weighted by molar-refractivity contribution is -0.274. The van der Waals surface area contributed by atoms with E-state index in [2.05, 4.69) is 30.8 Å². The first kappa shape index (κ1) is 34.0. The normalized spacial score (nSPS) is 28.2. The molecule has 1 heterocycles. The molecule has 3 saturated carbocycles. The number of hydrogen-bond donors (Lipinski definition) is 3. The van der Waals surface area contributed by atoms with E-state index < -0.39 is 25.1 Å². The molecule has 1 aliphatic heterocycles. The van der Waals surface area contributed by atoms with Crippen molar-refractivity contribution in [2.45, 2.75) is 89.2 Å². The number of ether oxygens (including phenoxy) is 1. The van der Waals surface area contributed by atoms with Gasteiger partial charge in [0.1, 0.15) is 5.75 Å². The van der Waals surface area contributed by atoms with Crippen molar-refractivity contribution in [2.24, 2.45) is 28.7 Å². The second-order valence-electron chi connectivity index (χ2n) is 11.6. The van der Waals surface area contributed by atoms with Gasteiger partial charge in [0.05, 0.1) is 17.7 Å². The Hall–Kier alpha value is -1.24. The Morgan fingerprint density at radius 2 is 1.85 bits per heavy atom. The fourth-order valence-corrected chi connectivity index (χ4v) is 6.50. The Bertz CT molecular complexity index is 959. The van der Waals surface area contributed by atoms with Crippen molar-refractivity contribution < 1.29 is 32.0 Å². The predicted molar refractivity (Wildman–Crippen MR) is 149 cm³/mol. The maximum Gasteiger partial charge on any atom is 0.573 e. The van der Waals surface area contributed by atoms with Crippen molar-refractivity contribution in [3.05, 3.63) is 29.8 Å². The van der Waals surface area contributed by atoms with Crippen LogP contribution in [0.15, 0.2) is 24.3 Å². The van der Waals surface area contributed by atoms with Gasteiger partial charge in [-0.2, -0.15) is 0 Å². The van der Waals surface area contributed by atoms with Gasteiger partial charge in [-0.3, -0.25) is 4.79 Å². The first-order chi connectivity index (χ1) is 17.3. The number of halogens is 5. The molecule has 0 radical (unpaired) electrons. The molecule has 5 rings (SSSR count). The number of nitrogens with two attached hydrogens (primary N) is 2. The van der Waals surface area contributed by atoms with Gasteiger partial charge >= 0.3 is 13.5 Å². The molecule has 3 aliphatic carbocycles. The minimum Gasteiger partial charge on any atom is -0.406 e. The molecule has 6 atom stereocenters. The van der Waals surface area contributed by atoms with Crippen LogP contribution in [0, 0.1) is 17.3 Å². The third kappa shape index (κ3) is 7.54. The van der Waals surface area contributed by atoms with Crippen LogP contribution in [-0.2, 0) is 20.5 Å². The fourth-order valence-electron chi connectivity index (χ4n) is 6.50. The Balaban J connectivity index is 0.00000267. The highest BCUT2D eigenvalue weighted by molar-refractivity contribution is 6.47. The molecular formula is C26H41BCl2F3N3O4. The lowest BCUT2D eigenvalue weighted by Crippen LogP contribution is -2.65. The van der Waals surface area contributed by atoms with E-state index in [0.717, 1.165) is 31.2 Å². The molecule has 3 unspecified atom stereocenters. The summed E-state index contributed by atoms with van der Waals surface area (Å²) in [5.74, 6) is 0.208. The largest absolute Gasteiger partial charge is 0.573 e. The van der Waals surface area contributed by atoms with Crippen LogP contribution in [0.2, 0.25) is 5.82 Å². The standard InChI is InChI=1S/C26H39BF3N3O4.2ClH/c1-24(2)17-13-21(24)25(3)22(14-17)36-27(37-25)18(15-33-23(34)20(32)6-4-5-11-31)12-16-7-9-19(10-8-16)35-26(28,29)30;;/h7-10,17-18,20-22H,4-6,11-15,31-32H2,1-3H3,(H,33,34);2*1H/t17?,18-,20-,21?,22?,25-;;/m1../s1. The number of nitrogens with one attached hydrogen (secondary N) is 1. The van der Waals surface area contributed by atoms with Crippen LogP contribution in [0.5, 0.6) is 5.75 Å². The van der Waals surface area contributed by atoms with Gasteiger partial charge in [0, 0.05) is 12.4 Å². The summed E-state index contributed by atoms with van der Waals surface area (Å²) >= 11 is 0. The lowest BCUT2D eigenvalue weighted by atomic mass is 9.43. The SMILES string of the molecule is CC1(C)C2CC3OB([C@@H](CNC(=O)[C@H](N)CCCCN)Cc4ccc(OC(F)(F)F)cc4)O[C@]3(C)C1C2.Cl.Cl. The van der Waals surface area contributed by atoms with Gasteiger partial charge in [0.15, 0.2) is 0 Å². The number of carbonyl (C=O) groups excluding carboxylic acids is 1. The molecule has 1 amide bonds. The molecule has 4 fully saturated rings. The van der Waals surface area contributed by atoms with Gasteiger partial charge in [-0.15, -0.1) is 38.0 Å². The Kier molecular flexibility index (Phi) is 11.5. The third-order valence-corrected chi connectivity index (χ3v) is 8.85. The maximum absolute atomic E-state index is 12.7. The molecule has 5 N–H and O–H groups in total. The molecular weight excluding hydrogens is 557 g/mol. The molecule has 1 saturated heterocycles. The minimum atomic E-state index is -4.75. The average Bonchev–Trinajstić information content (AvgIpc) is 3.18. The number of amides is 1. The maximum atomic E-state index is 12.7. The van der Waals surface area contributed by atoms with Gasteiger partial charge in [-0.25, -0.2) is 0 Å². The molecule has 222 valence electrons. The van der Waals surface area contributed by atoms with E-state index in [4.69, 9.17) is 20.8 Å². The van der Waals surface area contributed by atoms with E-state index in [0.29, 0.717) is 31.2 Å². The van der Waals surface area contributed by atoms with Crippen molar-refractivity contribution in [3.8, 4) is 5.75 Å². The Labute approximate surface area is 241 Å². The second kappa shape index (κ2) is 13.2. The van der Waals surface area contributed by atoms with Crippen molar-refractivity contribution in [1.29, 1.82) is 0 Å². The molecule has 4 aliphatic rings. The highest BCUT2D eigenvalue weighted by Gasteiger charge is 2.68. The van der Waals surface area contributed by atoms with E-state index in [9.17, 15) is 18.0 Å². The van der Waals surface area contributed by atoms with E-state index >= 15 is 0 Å². The van der Waals surface area contributed by atoms with Crippen molar-refractivity contribution in [1.82, 2.24) is 5.32 Å². The summed E-state index contributed by atoms with van der Waals surface area (Å²) in [7, 11) is -0.551. The van der Waals surface area contributed by atoms with E-state index in [1.54, 1.807) is 12.1 Å². The monoisotopic (exact) mass is 597 g/mol. The molecule has 1 aromatic carbocycles. The first-order valence-electron chi connectivity index (χ1n) is 13.2. The molecule has 13 heteroatoms. The zero-order valence-corrected chi connectivity index (χ0v) is 24.3. The zero-order chi connectivity index (χ0) is 27.0. The number of carbonyl (C=O) groups is 1. The van der Waals surface area contributed by atoms with E-state index in [1.807, 2.05) is 0 Å². The van der Waals surface area contributed by atoms with Gasteiger partial charge in [-0.1, -0.05) is 32.4 Å². The van der Waals surface area contributed by atoms with E-state index in [-0.39, 0.29) is 60.4 Å². The van der Waals surface area contributed by atoms with Gasteiger partial charge in [-0.05, 0) is 80.5 Å². The third-order valence-electron chi connectivity index (χ3n) is 8.85. The smallest absolute Gasteiger partial charge is 0.406 e. The summed E-state index contributed by atoms with van der Waals surface area (Å²) in [5.41, 5.74) is 12.2. The summed E-state index contributed by atoms with van der Waals surface area (Å²) in [5, 5.41) is 2.95. The van der Waals surface area contributed by atoms with Crippen LogP contribution in [-0.4, -0.2) is 50.2 Å². The number of hydrogen-bond acceptors (Lipinski definition) is 6. The molecule has 0 spiro atoms. The fraction of sp³-hybridized carbons (Fsp3) is 0.731. The highest BCUT2D eigenvalue weighted by Crippen LogP contribution is 2.66. The van der Waals surface area contributed by atoms with Gasteiger partial charge in [0.2, 0.25) is 5.91 Å². The van der Waals surface area contributed by atoms with Crippen LogP contribution >= 0.6 is 24.8 Å². The molecule has 2 bridgehead atoms. The summed E-state index contributed by atoms with van der Waals surface area (Å²) in [6.45, 7) is 7.54. The van der Waals surface area contributed by atoms with Gasteiger partial charge in [0.25, 0.3) is 0 Å². The Morgan fingerprint density at radius 3 is 2.44 bits per heavy atom. The van der Waals surface area contributed by atoms with Crippen molar-refractivity contribution in [2.75, 3.05) is 13.1 Å². The molecule has 39 heavy (non-hydrogen) atoms. The van der Waals surface area contributed by atoms with Crippen LogP contribution in [0.3, 0.4) is 0 Å². The van der Waals surface area contributed by atoms with Crippen LogP contribution < -0.4 is 21.5 Å². The number of rotatable bonds is 11. The molecule has 0 aromatic heterocycles. The number of benzene rings is 1. The lowest BCUT2D eigenvalue weighted by Gasteiger charge is -2.64. The summed E-state index contributed by atoms with van der Waals surface area (Å²) in [6, 6.07) is 5.14. The quantitative estimate of drug-likeness (QED) is 0.253. The van der Waals surface area contributed by atoms with Crippen LogP contribution in [0.4, 0.5) is 13.2 Å². The van der Waals surface area contributed by atoms with Crippen molar-refractivity contribution >= 4 is 37.8 Å². The topological polar surface area (TPSA) is 109 Å². The van der Waals surface area contributed by atoms with E-state index in [1.165, 1.54) is 12.1 Å². The Morgan fingerprint density at radius 1 is 1.18 bits per heavy atom. The highest BCUT2D eigenvalue weighted by atomic mass is 35.5. The summed E-state index contributed by atoms with van der Waals surface area (Å²) < 4.78 is 54.8. The van der Waals surface area contributed by atoms with Crippen molar-refractivity contribution in [3.63, 3.8) is 0 Å². The van der Waals surface area contributed by atoms with Gasteiger partial charge < -0.3 is 30.8 Å². The molecule has 1 aromatic rings. The molecule has 7 nitrogen and oxygen atoms in total. The number of alkyl halides is 3. The minimum absolute atomic E-state index is 0.